The zero-order chi connectivity index (χ0) is 18.9. The maximum Gasteiger partial charge on any atom is 0.262 e. The second-order valence-corrected chi connectivity index (χ2v) is 7.48. The van der Waals surface area contributed by atoms with E-state index in [4.69, 9.17) is 11.5 Å². The van der Waals surface area contributed by atoms with E-state index < -0.39 is 21.8 Å². The quantitative estimate of drug-likeness (QED) is 0.746. The van der Waals surface area contributed by atoms with Gasteiger partial charge in [-0.1, -0.05) is 17.7 Å². The Hall–Kier alpha value is -2.87. The molecule has 0 fully saturated rings. The van der Waals surface area contributed by atoms with Crippen molar-refractivity contribution in [3.8, 4) is 0 Å². The van der Waals surface area contributed by atoms with Crippen molar-refractivity contribution >= 4 is 27.5 Å². The number of anilines is 1. The van der Waals surface area contributed by atoms with Crippen LogP contribution in [-0.4, -0.2) is 20.2 Å². The second kappa shape index (κ2) is 6.56. The number of amides is 2. The first-order valence-corrected chi connectivity index (χ1v) is 8.85. The van der Waals surface area contributed by atoms with Crippen molar-refractivity contribution in [1.29, 1.82) is 0 Å². The summed E-state index contributed by atoms with van der Waals surface area (Å²) in [5.74, 6) is -1.60. The molecule has 0 aliphatic carbocycles. The van der Waals surface area contributed by atoms with Crippen molar-refractivity contribution < 1.29 is 18.0 Å². The molecule has 0 aromatic heterocycles. The average molecular weight is 361 g/mol. The minimum absolute atomic E-state index is 0.0219. The Morgan fingerprint density at radius 2 is 1.28 bits per heavy atom. The monoisotopic (exact) mass is 361 g/mol. The Labute approximate surface area is 146 Å². The number of hydrogen-bond donors (Lipinski definition) is 3. The summed E-state index contributed by atoms with van der Waals surface area (Å²) in [5.41, 5.74) is 12.6. The van der Waals surface area contributed by atoms with Gasteiger partial charge in [0.2, 0.25) is 11.8 Å². The highest BCUT2D eigenvalue weighted by molar-refractivity contribution is 7.92. The van der Waals surface area contributed by atoms with E-state index in [0.29, 0.717) is 11.1 Å². The summed E-state index contributed by atoms with van der Waals surface area (Å²) in [5, 5.41) is 0. The maximum absolute atomic E-state index is 12.8. The van der Waals surface area contributed by atoms with Crippen LogP contribution < -0.4 is 16.2 Å². The van der Waals surface area contributed by atoms with Gasteiger partial charge in [0.25, 0.3) is 10.0 Å². The first-order chi connectivity index (χ1) is 11.5. The Kier molecular flexibility index (Phi) is 4.85. The number of nitrogens with one attached hydrogen (secondary N) is 1. The van der Waals surface area contributed by atoms with Crippen LogP contribution in [0.3, 0.4) is 0 Å². The number of rotatable bonds is 5. The molecule has 0 spiro atoms. The molecule has 0 saturated heterocycles. The molecule has 7 nitrogen and oxygen atoms in total. The van der Waals surface area contributed by atoms with Gasteiger partial charge in [-0.2, -0.15) is 0 Å². The molecule has 2 rings (SSSR count). The summed E-state index contributed by atoms with van der Waals surface area (Å²) in [6, 6.07) is 7.24. The fourth-order valence-corrected chi connectivity index (χ4v) is 4.26. The van der Waals surface area contributed by atoms with E-state index >= 15 is 0 Å². The van der Waals surface area contributed by atoms with Crippen molar-refractivity contribution in [3.05, 3.63) is 58.1 Å². The first-order valence-electron chi connectivity index (χ1n) is 7.36. The lowest BCUT2D eigenvalue weighted by Crippen LogP contribution is -2.19. The maximum atomic E-state index is 12.8. The zero-order valence-electron chi connectivity index (χ0n) is 14.1. The van der Waals surface area contributed by atoms with Gasteiger partial charge in [0.05, 0.1) is 10.6 Å². The van der Waals surface area contributed by atoms with Crippen LogP contribution in [-0.2, 0) is 10.0 Å². The molecule has 8 heteroatoms. The Morgan fingerprint density at radius 1 is 0.840 bits per heavy atom. The fourth-order valence-electron chi connectivity index (χ4n) is 2.77. The zero-order valence-corrected chi connectivity index (χ0v) is 14.9. The third-order valence-electron chi connectivity index (χ3n) is 3.63. The molecule has 2 amide bonds. The smallest absolute Gasteiger partial charge is 0.262 e. The van der Waals surface area contributed by atoms with Crippen molar-refractivity contribution in [2.75, 3.05) is 4.72 Å². The lowest BCUT2D eigenvalue weighted by atomic mass is 10.1. The average Bonchev–Trinajstić information content (AvgIpc) is 2.44. The predicted molar refractivity (Wildman–Crippen MR) is 94.9 cm³/mol. The Morgan fingerprint density at radius 3 is 1.68 bits per heavy atom. The SMILES string of the molecule is Cc1cc(C)c(S(=O)(=O)Nc2cc(C(N)=O)cc(C(N)=O)c2)c(C)c1. The molecule has 0 unspecified atom stereocenters. The predicted octanol–water partition coefficient (Wildman–Crippen LogP) is 1.61. The third kappa shape index (κ3) is 3.97. The van der Waals surface area contributed by atoms with Crippen molar-refractivity contribution in [1.82, 2.24) is 0 Å². The molecular formula is C17H19N3O4S. The second-order valence-electron chi connectivity index (χ2n) is 5.86. The lowest BCUT2D eigenvalue weighted by molar-refractivity contribution is 0.0999. The number of hydrogen-bond acceptors (Lipinski definition) is 4. The van der Waals surface area contributed by atoms with Gasteiger partial charge in [0, 0.05) is 11.1 Å². The molecule has 0 bridgehead atoms. The van der Waals surface area contributed by atoms with Crippen LogP contribution in [0.1, 0.15) is 37.4 Å². The highest BCUT2D eigenvalue weighted by Gasteiger charge is 2.21. The summed E-state index contributed by atoms with van der Waals surface area (Å²) in [6.07, 6.45) is 0. The van der Waals surface area contributed by atoms with E-state index in [9.17, 15) is 18.0 Å². The largest absolute Gasteiger partial charge is 0.366 e. The topological polar surface area (TPSA) is 132 Å². The van der Waals surface area contributed by atoms with Crippen LogP contribution in [0.4, 0.5) is 5.69 Å². The molecule has 132 valence electrons. The molecule has 0 saturated carbocycles. The fraction of sp³-hybridized carbons (Fsp3) is 0.176. The molecule has 2 aromatic rings. The van der Waals surface area contributed by atoms with Crippen LogP contribution in [0.2, 0.25) is 0 Å². The molecule has 5 N–H and O–H groups in total. The highest BCUT2D eigenvalue weighted by atomic mass is 32.2. The van der Waals surface area contributed by atoms with E-state index in [-0.39, 0.29) is 21.7 Å². The number of nitrogens with two attached hydrogens (primary N) is 2. The van der Waals surface area contributed by atoms with E-state index in [2.05, 4.69) is 4.72 Å². The molecule has 25 heavy (non-hydrogen) atoms. The normalized spacial score (nSPS) is 11.2. The van der Waals surface area contributed by atoms with Crippen LogP contribution in [0, 0.1) is 20.8 Å². The van der Waals surface area contributed by atoms with Gasteiger partial charge in [-0.3, -0.25) is 14.3 Å². The highest BCUT2D eigenvalue weighted by Crippen LogP contribution is 2.25. The van der Waals surface area contributed by atoms with Crippen LogP contribution >= 0.6 is 0 Å². The number of carbonyl (C=O) groups is 2. The van der Waals surface area contributed by atoms with Gasteiger partial charge in [0.1, 0.15) is 0 Å². The molecule has 0 heterocycles. The summed E-state index contributed by atoms with van der Waals surface area (Å²) < 4.78 is 27.9. The Balaban J connectivity index is 2.55. The Bertz CT molecular complexity index is 926. The van der Waals surface area contributed by atoms with Gasteiger partial charge < -0.3 is 11.5 Å². The lowest BCUT2D eigenvalue weighted by Gasteiger charge is -2.15. The van der Waals surface area contributed by atoms with Crippen LogP contribution in [0.15, 0.2) is 35.2 Å². The van der Waals surface area contributed by atoms with Crippen molar-refractivity contribution in [2.45, 2.75) is 25.7 Å². The number of sulfonamides is 1. The van der Waals surface area contributed by atoms with Crippen molar-refractivity contribution in [2.24, 2.45) is 11.5 Å². The van der Waals surface area contributed by atoms with E-state index in [1.165, 1.54) is 18.2 Å². The minimum atomic E-state index is -3.93. The standard InChI is InChI=1S/C17H19N3O4S/c1-9-4-10(2)15(11(3)5-9)25(23,24)20-14-7-12(16(18)21)6-13(8-14)17(19)22/h4-8,20H,1-3H3,(H2,18,21)(H2,19,22). The van der Waals surface area contributed by atoms with Gasteiger partial charge in [-0.25, -0.2) is 8.42 Å². The molecule has 0 aliphatic rings. The number of primary amides is 2. The minimum Gasteiger partial charge on any atom is -0.366 e. The molecule has 2 aromatic carbocycles. The number of benzene rings is 2. The summed E-state index contributed by atoms with van der Waals surface area (Å²) in [7, 11) is -3.93. The van der Waals surface area contributed by atoms with Crippen molar-refractivity contribution in [3.63, 3.8) is 0 Å². The molecule has 0 radical (unpaired) electrons. The van der Waals surface area contributed by atoms with Gasteiger partial charge >= 0.3 is 0 Å². The number of aryl methyl sites for hydroxylation is 3. The summed E-state index contributed by atoms with van der Waals surface area (Å²) in [6.45, 7) is 5.27. The summed E-state index contributed by atoms with van der Waals surface area (Å²) >= 11 is 0. The molecular weight excluding hydrogens is 342 g/mol. The first kappa shape index (κ1) is 18.5. The van der Waals surface area contributed by atoms with E-state index in [1.807, 2.05) is 6.92 Å². The van der Waals surface area contributed by atoms with E-state index in [0.717, 1.165) is 5.56 Å². The van der Waals surface area contributed by atoms with Gasteiger partial charge in [-0.05, 0) is 50.1 Å². The van der Waals surface area contributed by atoms with Crippen LogP contribution in [0.25, 0.3) is 0 Å². The van der Waals surface area contributed by atoms with E-state index in [1.54, 1.807) is 26.0 Å². The molecule has 0 atom stereocenters. The van der Waals surface area contributed by atoms with Crippen LogP contribution in [0.5, 0.6) is 0 Å². The van der Waals surface area contributed by atoms with Gasteiger partial charge in [0.15, 0.2) is 0 Å². The third-order valence-corrected chi connectivity index (χ3v) is 5.31. The van der Waals surface area contributed by atoms with Gasteiger partial charge in [-0.15, -0.1) is 0 Å². The number of carbonyl (C=O) groups excluding carboxylic acids is 2. The molecule has 0 aliphatic heterocycles. The summed E-state index contributed by atoms with van der Waals surface area (Å²) in [4.78, 5) is 22.9.